The zero-order valence-electron chi connectivity index (χ0n) is 14.4. The number of amides is 1. The smallest absolute Gasteiger partial charge is 0.250 e. The van der Waals surface area contributed by atoms with Crippen molar-refractivity contribution in [2.24, 2.45) is 0 Å². The summed E-state index contributed by atoms with van der Waals surface area (Å²) in [5, 5.41) is 6.56. The van der Waals surface area contributed by atoms with E-state index in [2.05, 4.69) is 39.8 Å². The molecule has 2 aliphatic heterocycles. The lowest BCUT2D eigenvalue weighted by Gasteiger charge is -2.44. The molecule has 0 bridgehead atoms. The fraction of sp³-hybridized carbons (Fsp3) is 0.350. The largest absolute Gasteiger partial charge is 0.497 e. The molecule has 2 heterocycles. The van der Waals surface area contributed by atoms with Gasteiger partial charge in [0.2, 0.25) is 5.91 Å². The van der Waals surface area contributed by atoms with Gasteiger partial charge in [-0.15, -0.1) is 0 Å². The summed E-state index contributed by atoms with van der Waals surface area (Å²) in [5.74, 6) is 0.864. The predicted octanol–water partition coefficient (Wildman–Crippen LogP) is 3.09. The molecule has 130 valence electrons. The first-order valence-electron chi connectivity index (χ1n) is 8.72. The van der Waals surface area contributed by atoms with Gasteiger partial charge in [-0.25, -0.2) is 0 Å². The minimum absolute atomic E-state index is 0.0736. The van der Waals surface area contributed by atoms with E-state index in [1.165, 1.54) is 5.56 Å². The molecule has 0 aliphatic carbocycles. The van der Waals surface area contributed by atoms with E-state index in [9.17, 15) is 4.79 Å². The van der Waals surface area contributed by atoms with Gasteiger partial charge in [0.25, 0.3) is 0 Å². The van der Waals surface area contributed by atoms with Crippen molar-refractivity contribution in [1.82, 2.24) is 4.90 Å². The van der Waals surface area contributed by atoms with E-state index in [1.54, 1.807) is 7.11 Å². The Bertz CT molecular complexity index is 768. The maximum absolute atomic E-state index is 12.7. The first kappa shape index (κ1) is 16.0. The number of rotatable bonds is 3. The van der Waals surface area contributed by atoms with Gasteiger partial charge in [0.15, 0.2) is 0 Å². The molecule has 1 amide bonds. The molecular formula is C20H23N3O2. The number of hydrogen-bond donors (Lipinski definition) is 2. The third kappa shape index (κ3) is 3.07. The molecule has 0 saturated carbocycles. The van der Waals surface area contributed by atoms with E-state index in [1.807, 2.05) is 24.3 Å². The minimum atomic E-state index is -0.521. The summed E-state index contributed by atoms with van der Waals surface area (Å²) in [6.45, 7) is 2.73. The third-order valence-electron chi connectivity index (χ3n) is 5.24. The standard InChI is InChI=1S/C20H23N3O2/c1-25-16-7-8-17-18(13-16)22-20(19(24)21-17)9-11-23(12-10-20)14-15-5-3-2-4-6-15/h2-8,13,22H,9-12,14H2,1H3,(H,21,24). The van der Waals surface area contributed by atoms with Crippen molar-refractivity contribution < 1.29 is 9.53 Å². The van der Waals surface area contributed by atoms with Crippen molar-refractivity contribution in [3.63, 3.8) is 0 Å². The summed E-state index contributed by atoms with van der Waals surface area (Å²) < 4.78 is 5.31. The topological polar surface area (TPSA) is 53.6 Å². The number of anilines is 2. The summed E-state index contributed by atoms with van der Waals surface area (Å²) in [6, 6.07) is 16.2. The van der Waals surface area contributed by atoms with Crippen LogP contribution in [0.2, 0.25) is 0 Å². The molecule has 5 heteroatoms. The summed E-state index contributed by atoms with van der Waals surface area (Å²) in [7, 11) is 1.65. The Morgan fingerprint density at radius 1 is 1.08 bits per heavy atom. The number of benzene rings is 2. The molecular weight excluding hydrogens is 314 g/mol. The number of carbonyl (C=O) groups excluding carboxylic acids is 1. The Balaban J connectivity index is 1.47. The summed E-state index contributed by atoms with van der Waals surface area (Å²) in [6.07, 6.45) is 1.59. The highest BCUT2D eigenvalue weighted by Gasteiger charge is 2.44. The molecule has 1 fully saturated rings. The van der Waals surface area contributed by atoms with Crippen LogP contribution in [0, 0.1) is 0 Å². The van der Waals surface area contributed by atoms with E-state index in [0.29, 0.717) is 0 Å². The molecule has 2 aliphatic rings. The molecule has 0 radical (unpaired) electrons. The first-order valence-corrected chi connectivity index (χ1v) is 8.72. The van der Waals surface area contributed by atoms with Crippen LogP contribution in [0.25, 0.3) is 0 Å². The SMILES string of the molecule is COc1ccc2c(c1)NC1(CCN(Cc3ccccc3)CC1)C(=O)N2. The molecule has 2 aromatic carbocycles. The fourth-order valence-electron chi connectivity index (χ4n) is 3.71. The molecule has 2 aromatic rings. The summed E-state index contributed by atoms with van der Waals surface area (Å²) in [5.41, 5.74) is 2.56. The van der Waals surface area contributed by atoms with Gasteiger partial charge in [0.05, 0.1) is 18.5 Å². The van der Waals surface area contributed by atoms with E-state index < -0.39 is 5.54 Å². The maximum atomic E-state index is 12.7. The lowest BCUT2D eigenvalue weighted by Crippen LogP contribution is -2.58. The number of piperidine rings is 1. The van der Waals surface area contributed by atoms with Crippen LogP contribution in [0.15, 0.2) is 48.5 Å². The number of fused-ring (bicyclic) bond motifs is 1. The lowest BCUT2D eigenvalue weighted by atomic mass is 9.84. The zero-order chi connectivity index (χ0) is 17.3. The highest BCUT2D eigenvalue weighted by molar-refractivity contribution is 6.06. The van der Waals surface area contributed by atoms with E-state index in [4.69, 9.17) is 4.74 Å². The summed E-state index contributed by atoms with van der Waals surface area (Å²) in [4.78, 5) is 15.1. The van der Waals surface area contributed by atoms with Crippen LogP contribution in [0.5, 0.6) is 5.75 Å². The van der Waals surface area contributed by atoms with Crippen LogP contribution < -0.4 is 15.4 Å². The van der Waals surface area contributed by atoms with Crippen molar-refractivity contribution in [2.45, 2.75) is 24.9 Å². The fourth-order valence-corrected chi connectivity index (χ4v) is 3.71. The van der Waals surface area contributed by atoms with Crippen LogP contribution in [-0.4, -0.2) is 36.5 Å². The number of hydrogen-bond acceptors (Lipinski definition) is 4. The zero-order valence-corrected chi connectivity index (χ0v) is 14.4. The van der Waals surface area contributed by atoms with E-state index in [-0.39, 0.29) is 5.91 Å². The van der Waals surface area contributed by atoms with Gasteiger partial charge in [-0.1, -0.05) is 30.3 Å². The van der Waals surface area contributed by atoms with E-state index in [0.717, 1.165) is 49.6 Å². The Morgan fingerprint density at radius 2 is 1.84 bits per heavy atom. The van der Waals surface area contributed by atoms with Gasteiger partial charge in [0.1, 0.15) is 11.3 Å². The number of nitrogens with zero attached hydrogens (tertiary/aromatic N) is 1. The Hall–Kier alpha value is -2.53. The molecule has 0 unspecified atom stereocenters. The van der Waals surface area contributed by atoms with Crippen LogP contribution in [0.4, 0.5) is 11.4 Å². The van der Waals surface area contributed by atoms with Crippen molar-refractivity contribution >= 4 is 17.3 Å². The highest BCUT2D eigenvalue weighted by Crippen LogP contribution is 2.38. The third-order valence-corrected chi connectivity index (χ3v) is 5.24. The van der Waals surface area contributed by atoms with Gasteiger partial charge >= 0.3 is 0 Å². The van der Waals surface area contributed by atoms with Gasteiger partial charge < -0.3 is 15.4 Å². The van der Waals surface area contributed by atoms with Crippen LogP contribution in [0.3, 0.4) is 0 Å². The average molecular weight is 337 g/mol. The number of ether oxygens (including phenoxy) is 1. The van der Waals surface area contributed by atoms with Crippen LogP contribution in [0.1, 0.15) is 18.4 Å². The van der Waals surface area contributed by atoms with Gasteiger partial charge in [0, 0.05) is 25.7 Å². The maximum Gasteiger partial charge on any atom is 0.250 e. The minimum Gasteiger partial charge on any atom is -0.497 e. The van der Waals surface area contributed by atoms with Crippen LogP contribution in [-0.2, 0) is 11.3 Å². The molecule has 2 N–H and O–H groups in total. The second-order valence-electron chi connectivity index (χ2n) is 6.83. The normalized spacial score (nSPS) is 19.0. The molecule has 4 rings (SSSR count). The van der Waals surface area contributed by atoms with Crippen molar-refractivity contribution in [1.29, 1.82) is 0 Å². The Kier molecular flexibility index (Phi) is 4.09. The molecule has 25 heavy (non-hydrogen) atoms. The molecule has 0 aromatic heterocycles. The van der Waals surface area contributed by atoms with Crippen molar-refractivity contribution in [2.75, 3.05) is 30.8 Å². The van der Waals surface area contributed by atoms with Gasteiger partial charge in [-0.05, 0) is 30.5 Å². The number of carbonyl (C=O) groups is 1. The van der Waals surface area contributed by atoms with Crippen molar-refractivity contribution in [3.8, 4) is 5.75 Å². The lowest BCUT2D eigenvalue weighted by molar-refractivity contribution is -0.122. The highest BCUT2D eigenvalue weighted by atomic mass is 16.5. The molecule has 0 atom stereocenters. The quantitative estimate of drug-likeness (QED) is 0.904. The van der Waals surface area contributed by atoms with Crippen LogP contribution >= 0.6 is 0 Å². The predicted molar refractivity (Wildman–Crippen MR) is 98.9 cm³/mol. The van der Waals surface area contributed by atoms with Crippen molar-refractivity contribution in [3.05, 3.63) is 54.1 Å². The van der Waals surface area contributed by atoms with Gasteiger partial charge in [-0.3, -0.25) is 9.69 Å². The molecule has 5 nitrogen and oxygen atoms in total. The number of likely N-dealkylation sites (tertiary alicyclic amines) is 1. The Labute approximate surface area is 148 Å². The molecule has 1 spiro atoms. The van der Waals surface area contributed by atoms with E-state index >= 15 is 0 Å². The Morgan fingerprint density at radius 3 is 2.56 bits per heavy atom. The average Bonchev–Trinajstić information content (AvgIpc) is 2.65. The van der Waals surface area contributed by atoms with Gasteiger partial charge in [-0.2, -0.15) is 0 Å². The summed E-state index contributed by atoms with van der Waals surface area (Å²) >= 11 is 0. The monoisotopic (exact) mass is 337 g/mol. The second-order valence-corrected chi connectivity index (χ2v) is 6.83. The first-order chi connectivity index (χ1) is 12.2. The number of methoxy groups -OCH3 is 1. The second kappa shape index (κ2) is 6.41. The number of nitrogens with one attached hydrogen (secondary N) is 2. The molecule has 1 saturated heterocycles.